The summed E-state index contributed by atoms with van der Waals surface area (Å²) in [6.07, 6.45) is 0.475. The van der Waals surface area contributed by atoms with Crippen LogP contribution < -0.4 is 0 Å². The molecular formula is C23H44O11. The molecule has 34 heavy (non-hydrogen) atoms. The highest BCUT2D eigenvalue weighted by Gasteiger charge is 2.15. The molecule has 0 aliphatic heterocycles. The number of ether oxygens (including phenoxy) is 9. The summed E-state index contributed by atoms with van der Waals surface area (Å²) in [7, 11) is 1.35. The molecule has 11 heteroatoms. The number of rotatable bonds is 24. The highest BCUT2D eigenvalue weighted by atomic mass is 16.6. The van der Waals surface area contributed by atoms with Crippen LogP contribution in [0.1, 0.15) is 33.6 Å². The Morgan fingerprint density at radius 2 is 0.735 bits per heavy atom. The quantitative estimate of drug-likeness (QED) is 0.143. The molecule has 0 fully saturated rings. The van der Waals surface area contributed by atoms with Gasteiger partial charge in [0.25, 0.3) is 0 Å². The van der Waals surface area contributed by atoms with Gasteiger partial charge in [0.05, 0.1) is 112 Å². The zero-order chi connectivity index (χ0) is 25.3. The summed E-state index contributed by atoms with van der Waals surface area (Å²) >= 11 is 0. The van der Waals surface area contributed by atoms with Crippen LogP contribution in [-0.2, 0) is 52.2 Å². The molecule has 0 saturated carbocycles. The summed E-state index contributed by atoms with van der Waals surface area (Å²) in [6.45, 7) is 11.7. The van der Waals surface area contributed by atoms with Gasteiger partial charge in [-0.1, -0.05) is 0 Å². The summed E-state index contributed by atoms with van der Waals surface area (Å²) in [5, 5.41) is 0. The van der Waals surface area contributed by atoms with Crippen molar-refractivity contribution < 1.29 is 52.2 Å². The van der Waals surface area contributed by atoms with E-state index < -0.39 is 5.60 Å². The Hall–Kier alpha value is -1.34. The highest BCUT2D eigenvalue weighted by molar-refractivity contribution is 5.70. The lowest BCUT2D eigenvalue weighted by molar-refractivity contribution is -0.156. The lowest BCUT2D eigenvalue weighted by Crippen LogP contribution is -2.24. The van der Waals surface area contributed by atoms with Gasteiger partial charge >= 0.3 is 11.9 Å². The summed E-state index contributed by atoms with van der Waals surface area (Å²) in [5.74, 6) is -0.555. The molecule has 0 amide bonds. The number of hydrogen-bond acceptors (Lipinski definition) is 11. The van der Waals surface area contributed by atoms with Gasteiger partial charge in [-0.05, 0) is 20.8 Å². The number of hydrogen-bond donors (Lipinski definition) is 0. The molecule has 0 aliphatic carbocycles. The predicted molar refractivity (Wildman–Crippen MR) is 123 cm³/mol. The Kier molecular flexibility index (Phi) is 22.5. The minimum absolute atomic E-state index is 0.232. The van der Waals surface area contributed by atoms with E-state index >= 15 is 0 Å². The molecule has 0 radical (unpaired) electrons. The van der Waals surface area contributed by atoms with Crippen LogP contribution in [0.15, 0.2) is 0 Å². The molecule has 0 aromatic rings. The zero-order valence-corrected chi connectivity index (χ0v) is 21.3. The topological polar surface area (TPSA) is 117 Å². The minimum Gasteiger partial charge on any atom is -0.469 e. The van der Waals surface area contributed by atoms with Gasteiger partial charge in [0.1, 0.15) is 5.60 Å². The maximum absolute atomic E-state index is 11.5. The first kappa shape index (κ1) is 32.7. The van der Waals surface area contributed by atoms with Crippen molar-refractivity contribution in [1.29, 1.82) is 0 Å². The van der Waals surface area contributed by atoms with E-state index in [1.54, 1.807) is 0 Å². The van der Waals surface area contributed by atoms with Crippen LogP contribution >= 0.6 is 0 Å². The standard InChI is InChI=1S/C23H44O11/c1-23(2,3)34-22(25)6-8-28-10-12-30-14-16-32-18-20-33-19-17-31-15-13-29-11-9-27-7-5-21(24)26-4/h5-20H2,1-4H3. The van der Waals surface area contributed by atoms with Gasteiger partial charge in [-0.3, -0.25) is 9.59 Å². The van der Waals surface area contributed by atoms with Crippen LogP contribution in [0, 0.1) is 0 Å². The molecule has 0 spiro atoms. The molecule has 0 saturated heterocycles. The highest BCUT2D eigenvalue weighted by Crippen LogP contribution is 2.08. The van der Waals surface area contributed by atoms with Gasteiger partial charge in [-0.15, -0.1) is 0 Å². The summed E-state index contributed by atoms with van der Waals surface area (Å²) in [5.41, 5.74) is -0.471. The van der Waals surface area contributed by atoms with E-state index in [-0.39, 0.29) is 24.8 Å². The van der Waals surface area contributed by atoms with Crippen molar-refractivity contribution in [3.05, 3.63) is 0 Å². The lowest BCUT2D eigenvalue weighted by Gasteiger charge is -2.19. The van der Waals surface area contributed by atoms with Crippen molar-refractivity contribution in [3.63, 3.8) is 0 Å². The smallest absolute Gasteiger partial charge is 0.308 e. The van der Waals surface area contributed by atoms with E-state index in [2.05, 4.69) is 4.74 Å². The molecule has 11 nitrogen and oxygen atoms in total. The lowest BCUT2D eigenvalue weighted by atomic mass is 10.2. The second-order valence-electron chi connectivity index (χ2n) is 7.95. The Morgan fingerprint density at radius 1 is 0.471 bits per heavy atom. The van der Waals surface area contributed by atoms with Gasteiger partial charge in [0.15, 0.2) is 0 Å². The number of carbonyl (C=O) groups is 2. The van der Waals surface area contributed by atoms with Crippen LogP contribution in [0.3, 0.4) is 0 Å². The number of esters is 2. The average molecular weight is 497 g/mol. The first-order valence-corrected chi connectivity index (χ1v) is 11.7. The van der Waals surface area contributed by atoms with E-state index in [0.29, 0.717) is 92.5 Å². The monoisotopic (exact) mass is 496 g/mol. The van der Waals surface area contributed by atoms with Gasteiger partial charge < -0.3 is 42.6 Å². The van der Waals surface area contributed by atoms with E-state index in [0.717, 1.165) is 0 Å². The second kappa shape index (κ2) is 23.4. The van der Waals surface area contributed by atoms with Crippen LogP contribution in [-0.4, -0.2) is 117 Å². The molecular weight excluding hydrogens is 452 g/mol. The molecule has 0 N–H and O–H groups in total. The van der Waals surface area contributed by atoms with E-state index in [9.17, 15) is 9.59 Å². The normalized spacial score (nSPS) is 11.5. The van der Waals surface area contributed by atoms with Crippen molar-refractivity contribution in [2.24, 2.45) is 0 Å². The Bertz CT molecular complexity index is 480. The van der Waals surface area contributed by atoms with Crippen LogP contribution in [0.2, 0.25) is 0 Å². The van der Waals surface area contributed by atoms with Gasteiger partial charge in [-0.25, -0.2) is 0 Å². The van der Waals surface area contributed by atoms with E-state index in [1.165, 1.54) is 7.11 Å². The fraction of sp³-hybridized carbons (Fsp3) is 0.913. The van der Waals surface area contributed by atoms with Crippen LogP contribution in [0.5, 0.6) is 0 Å². The third-order valence-corrected chi connectivity index (χ3v) is 3.78. The van der Waals surface area contributed by atoms with Crippen molar-refractivity contribution >= 4 is 11.9 Å². The Morgan fingerprint density at radius 3 is 1.00 bits per heavy atom. The largest absolute Gasteiger partial charge is 0.469 e. The average Bonchev–Trinajstić information content (AvgIpc) is 2.78. The Balaban J connectivity index is 3.13. The maximum Gasteiger partial charge on any atom is 0.308 e. The third-order valence-electron chi connectivity index (χ3n) is 3.78. The SMILES string of the molecule is COC(=O)CCOCCOCCOCCOCCOCCOCCOCCC(=O)OC(C)(C)C. The van der Waals surface area contributed by atoms with Gasteiger partial charge in [0, 0.05) is 0 Å². The molecule has 0 bridgehead atoms. The van der Waals surface area contributed by atoms with Crippen molar-refractivity contribution in [2.45, 2.75) is 39.2 Å². The minimum atomic E-state index is -0.471. The molecule has 0 heterocycles. The van der Waals surface area contributed by atoms with E-state index in [1.807, 2.05) is 20.8 Å². The molecule has 0 aromatic carbocycles. The number of methoxy groups -OCH3 is 1. The van der Waals surface area contributed by atoms with E-state index in [4.69, 9.17) is 37.9 Å². The fourth-order valence-electron chi connectivity index (χ4n) is 2.23. The van der Waals surface area contributed by atoms with Gasteiger partial charge in [-0.2, -0.15) is 0 Å². The zero-order valence-electron chi connectivity index (χ0n) is 21.3. The third kappa shape index (κ3) is 26.9. The van der Waals surface area contributed by atoms with Gasteiger partial charge in [0.2, 0.25) is 0 Å². The first-order chi connectivity index (χ1) is 16.3. The van der Waals surface area contributed by atoms with Crippen LogP contribution in [0.25, 0.3) is 0 Å². The molecule has 0 aromatic heterocycles. The maximum atomic E-state index is 11.5. The fourth-order valence-corrected chi connectivity index (χ4v) is 2.23. The predicted octanol–water partition coefficient (Wildman–Crippen LogP) is 1.40. The molecule has 0 aliphatic rings. The second-order valence-corrected chi connectivity index (χ2v) is 7.95. The molecule has 0 unspecified atom stereocenters. The summed E-state index contributed by atoms with van der Waals surface area (Å²) in [4.78, 5) is 22.4. The van der Waals surface area contributed by atoms with Crippen molar-refractivity contribution in [1.82, 2.24) is 0 Å². The van der Waals surface area contributed by atoms with Crippen LogP contribution in [0.4, 0.5) is 0 Å². The molecule has 0 atom stereocenters. The molecule has 0 rings (SSSR count). The van der Waals surface area contributed by atoms with Crippen molar-refractivity contribution in [3.8, 4) is 0 Å². The van der Waals surface area contributed by atoms with Crippen molar-refractivity contribution in [2.75, 3.05) is 99.6 Å². The summed E-state index contributed by atoms with van der Waals surface area (Å²) < 4.78 is 47.2. The first-order valence-electron chi connectivity index (χ1n) is 11.7. The summed E-state index contributed by atoms with van der Waals surface area (Å²) in [6, 6.07) is 0. The molecule has 202 valence electrons. The number of carbonyl (C=O) groups excluding carboxylic acids is 2. The Labute approximate surface area is 203 Å².